The summed E-state index contributed by atoms with van der Waals surface area (Å²) in [6.45, 7) is 6.56. The predicted molar refractivity (Wildman–Crippen MR) is 72.4 cm³/mol. The number of hydrogen-bond acceptors (Lipinski definition) is 4. The second-order valence-electron chi connectivity index (χ2n) is 4.48. The minimum atomic E-state index is -2.96. The van der Waals surface area contributed by atoms with Gasteiger partial charge >= 0.3 is 0 Å². The topological polar surface area (TPSA) is 63.4 Å². The van der Waals surface area contributed by atoms with Gasteiger partial charge in [0.2, 0.25) is 0 Å². The smallest absolute Gasteiger partial charge is 0.153 e. The molecule has 0 aromatic heterocycles. The SMILES string of the molecule is CC(CN(C)CCS(=O)(=O)C(C)C)C(N)=S. The van der Waals surface area contributed by atoms with Crippen LogP contribution in [0.3, 0.4) is 0 Å². The molecule has 2 N–H and O–H groups in total. The predicted octanol–water partition coefficient (Wildman–Crippen LogP) is 0.664. The van der Waals surface area contributed by atoms with E-state index in [1.54, 1.807) is 13.8 Å². The molecular formula is C10H22N2O2S2. The summed E-state index contributed by atoms with van der Waals surface area (Å²) in [6.07, 6.45) is 0. The van der Waals surface area contributed by atoms with Crippen molar-refractivity contribution in [3.05, 3.63) is 0 Å². The lowest BCUT2D eigenvalue weighted by Crippen LogP contribution is -2.35. The normalized spacial score (nSPS) is 14.4. The molecule has 1 atom stereocenters. The van der Waals surface area contributed by atoms with Crippen LogP contribution in [0.1, 0.15) is 20.8 Å². The van der Waals surface area contributed by atoms with Gasteiger partial charge in [0.05, 0.1) is 16.0 Å². The maximum atomic E-state index is 11.6. The number of nitrogens with zero attached hydrogens (tertiary/aromatic N) is 1. The van der Waals surface area contributed by atoms with Gasteiger partial charge < -0.3 is 10.6 Å². The Balaban J connectivity index is 4.09. The Kier molecular flexibility index (Phi) is 6.43. The first-order valence-corrected chi connectivity index (χ1v) is 7.48. The number of nitrogens with two attached hydrogens (primary N) is 1. The minimum Gasteiger partial charge on any atom is -0.393 e. The molecule has 0 saturated carbocycles. The van der Waals surface area contributed by atoms with E-state index < -0.39 is 9.84 Å². The molecule has 0 saturated heterocycles. The highest BCUT2D eigenvalue weighted by Gasteiger charge is 2.17. The summed E-state index contributed by atoms with van der Waals surface area (Å²) in [5, 5.41) is -0.311. The number of hydrogen-bond donors (Lipinski definition) is 1. The van der Waals surface area contributed by atoms with Gasteiger partial charge in [-0.15, -0.1) is 0 Å². The van der Waals surface area contributed by atoms with Gasteiger partial charge in [-0.1, -0.05) is 19.1 Å². The highest BCUT2D eigenvalue weighted by Crippen LogP contribution is 2.03. The molecule has 0 radical (unpaired) electrons. The molecule has 4 nitrogen and oxygen atoms in total. The van der Waals surface area contributed by atoms with Crippen molar-refractivity contribution >= 4 is 27.0 Å². The van der Waals surface area contributed by atoms with Gasteiger partial charge in [0, 0.05) is 19.0 Å². The third-order valence-electron chi connectivity index (χ3n) is 2.55. The Hall–Kier alpha value is -0.200. The third kappa shape index (κ3) is 5.77. The summed E-state index contributed by atoms with van der Waals surface area (Å²) < 4.78 is 23.2. The summed E-state index contributed by atoms with van der Waals surface area (Å²) in [5.41, 5.74) is 5.50. The first kappa shape index (κ1) is 15.8. The molecule has 0 fully saturated rings. The molecule has 16 heavy (non-hydrogen) atoms. The Morgan fingerprint density at radius 2 is 1.88 bits per heavy atom. The standard InChI is InChI=1S/C10H22N2O2S2/c1-8(2)16(13,14)6-5-12(4)7-9(3)10(11)15/h8-9H,5-7H2,1-4H3,(H2,11,15). The molecule has 0 heterocycles. The Morgan fingerprint density at radius 1 is 1.38 bits per heavy atom. The maximum absolute atomic E-state index is 11.6. The zero-order chi connectivity index (χ0) is 12.9. The van der Waals surface area contributed by atoms with Crippen LogP contribution in [0.15, 0.2) is 0 Å². The van der Waals surface area contributed by atoms with Crippen LogP contribution in [0.5, 0.6) is 0 Å². The lowest BCUT2D eigenvalue weighted by molar-refractivity contribution is 0.332. The van der Waals surface area contributed by atoms with E-state index in [4.69, 9.17) is 18.0 Å². The molecule has 0 aromatic rings. The number of thiocarbonyl (C=S) groups is 1. The molecule has 0 amide bonds. The fraction of sp³-hybridized carbons (Fsp3) is 0.900. The van der Waals surface area contributed by atoms with Crippen LogP contribution in [0.25, 0.3) is 0 Å². The van der Waals surface area contributed by atoms with Gasteiger partial charge in [-0.2, -0.15) is 0 Å². The molecule has 6 heteroatoms. The van der Waals surface area contributed by atoms with E-state index in [0.29, 0.717) is 18.1 Å². The van der Waals surface area contributed by atoms with E-state index in [1.807, 2.05) is 18.9 Å². The monoisotopic (exact) mass is 266 g/mol. The lowest BCUT2D eigenvalue weighted by atomic mass is 10.2. The van der Waals surface area contributed by atoms with Crippen LogP contribution in [-0.2, 0) is 9.84 Å². The Labute approximate surface area is 104 Å². The van der Waals surface area contributed by atoms with Gasteiger partial charge in [0.15, 0.2) is 9.84 Å². The average molecular weight is 266 g/mol. The summed E-state index contributed by atoms with van der Waals surface area (Å²) >= 11 is 4.87. The fourth-order valence-electron chi connectivity index (χ4n) is 1.17. The van der Waals surface area contributed by atoms with E-state index in [-0.39, 0.29) is 16.9 Å². The van der Waals surface area contributed by atoms with Crippen LogP contribution in [-0.4, -0.2) is 49.4 Å². The summed E-state index contributed by atoms with van der Waals surface area (Å²) in [5.74, 6) is 0.298. The maximum Gasteiger partial charge on any atom is 0.153 e. The van der Waals surface area contributed by atoms with E-state index >= 15 is 0 Å². The highest BCUT2D eigenvalue weighted by molar-refractivity contribution is 7.92. The van der Waals surface area contributed by atoms with Crippen molar-refractivity contribution in [3.8, 4) is 0 Å². The highest BCUT2D eigenvalue weighted by atomic mass is 32.2. The zero-order valence-electron chi connectivity index (χ0n) is 10.4. The molecule has 0 aliphatic heterocycles. The largest absolute Gasteiger partial charge is 0.393 e. The van der Waals surface area contributed by atoms with Gasteiger partial charge in [0.25, 0.3) is 0 Å². The van der Waals surface area contributed by atoms with E-state index in [1.165, 1.54) is 0 Å². The second-order valence-corrected chi connectivity index (χ2v) is 7.63. The molecule has 1 unspecified atom stereocenters. The summed E-state index contributed by atoms with van der Waals surface area (Å²) in [6, 6.07) is 0. The second kappa shape index (κ2) is 6.51. The van der Waals surface area contributed by atoms with Gasteiger partial charge in [-0.3, -0.25) is 0 Å². The van der Waals surface area contributed by atoms with Crippen LogP contribution in [0.4, 0.5) is 0 Å². The van der Waals surface area contributed by atoms with Crippen LogP contribution in [0.2, 0.25) is 0 Å². The quantitative estimate of drug-likeness (QED) is 0.686. The molecule has 0 spiro atoms. The lowest BCUT2D eigenvalue weighted by Gasteiger charge is -2.20. The first-order chi connectivity index (χ1) is 7.16. The van der Waals surface area contributed by atoms with E-state index in [0.717, 1.165) is 0 Å². The molecule has 0 aliphatic carbocycles. The molecule has 0 aliphatic rings. The number of sulfone groups is 1. The van der Waals surface area contributed by atoms with Crippen molar-refractivity contribution in [2.45, 2.75) is 26.0 Å². The zero-order valence-corrected chi connectivity index (χ0v) is 12.1. The van der Waals surface area contributed by atoms with E-state index in [9.17, 15) is 8.42 Å². The first-order valence-electron chi connectivity index (χ1n) is 5.36. The molecular weight excluding hydrogens is 244 g/mol. The van der Waals surface area contributed by atoms with Crippen molar-refractivity contribution in [3.63, 3.8) is 0 Å². The minimum absolute atomic E-state index is 0.113. The molecule has 96 valence electrons. The van der Waals surface area contributed by atoms with Crippen LogP contribution in [0, 0.1) is 5.92 Å². The van der Waals surface area contributed by atoms with E-state index in [2.05, 4.69) is 0 Å². The van der Waals surface area contributed by atoms with Crippen molar-refractivity contribution in [2.75, 3.05) is 25.9 Å². The van der Waals surface area contributed by atoms with Crippen molar-refractivity contribution in [1.29, 1.82) is 0 Å². The van der Waals surface area contributed by atoms with Crippen molar-refractivity contribution < 1.29 is 8.42 Å². The average Bonchev–Trinajstić information content (AvgIpc) is 2.14. The van der Waals surface area contributed by atoms with Gasteiger partial charge in [-0.05, 0) is 20.9 Å². The molecule has 0 bridgehead atoms. The Morgan fingerprint density at radius 3 is 2.25 bits per heavy atom. The van der Waals surface area contributed by atoms with Crippen molar-refractivity contribution in [2.24, 2.45) is 11.7 Å². The van der Waals surface area contributed by atoms with Gasteiger partial charge in [0.1, 0.15) is 0 Å². The van der Waals surface area contributed by atoms with Gasteiger partial charge in [-0.25, -0.2) is 8.42 Å². The number of rotatable bonds is 7. The molecule has 0 rings (SSSR count). The Bertz CT molecular complexity index is 326. The van der Waals surface area contributed by atoms with Crippen LogP contribution < -0.4 is 5.73 Å². The third-order valence-corrected chi connectivity index (χ3v) is 5.14. The summed E-state index contributed by atoms with van der Waals surface area (Å²) in [4.78, 5) is 2.42. The van der Waals surface area contributed by atoms with Crippen molar-refractivity contribution in [1.82, 2.24) is 4.90 Å². The molecule has 0 aromatic carbocycles. The summed E-state index contributed by atoms with van der Waals surface area (Å²) in [7, 11) is -1.08. The van der Waals surface area contributed by atoms with Crippen LogP contribution >= 0.6 is 12.2 Å². The fourth-order valence-corrected chi connectivity index (χ4v) is 2.28.